The molecule has 3 rings (SSSR count). The fourth-order valence-corrected chi connectivity index (χ4v) is 6.19. The lowest BCUT2D eigenvalue weighted by molar-refractivity contribution is -0.176. The third-order valence-corrected chi connectivity index (χ3v) is 8.63. The van der Waals surface area contributed by atoms with Gasteiger partial charge in [0.1, 0.15) is 12.1 Å². The van der Waals surface area contributed by atoms with Gasteiger partial charge in [0.05, 0.1) is 6.04 Å². The molecule has 0 radical (unpaired) electrons. The number of likely N-dealkylation sites (tertiary alicyclic amines) is 1. The highest BCUT2D eigenvalue weighted by molar-refractivity contribution is 7.94. The number of amides is 4. The Balaban J connectivity index is 1.97. The lowest BCUT2D eigenvalue weighted by atomic mass is 9.85. The van der Waals surface area contributed by atoms with Crippen LogP contribution in [0.4, 0.5) is 26.3 Å². The topological polar surface area (TPSA) is 142 Å². The molecule has 3 fully saturated rings. The van der Waals surface area contributed by atoms with E-state index in [1.807, 2.05) is 0 Å². The van der Waals surface area contributed by atoms with E-state index >= 15 is 0 Å². The van der Waals surface area contributed by atoms with Crippen molar-refractivity contribution in [1.82, 2.24) is 20.9 Å². The van der Waals surface area contributed by atoms with E-state index in [1.165, 1.54) is 20.8 Å². The van der Waals surface area contributed by atoms with Crippen LogP contribution in [0.15, 0.2) is 11.2 Å². The Morgan fingerprint density at radius 2 is 1.76 bits per heavy atom. The first-order valence-corrected chi connectivity index (χ1v) is 15.1. The van der Waals surface area contributed by atoms with Crippen molar-refractivity contribution in [3.63, 3.8) is 0 Å². The Bertz CT molecular complexity index is 1250. The van der Waals surface area contributed by atoms with Gasteiger partial charge in [-0.3, -0.25) is 19.2 Å². The second kappa shape index (κ2) is 11.7. The quantitative estimate of drug-likeness (QED) is 0.349. The van der Waals surface area contributed by atoms with E-state index in [4.69, 9.17) is 0 Å². The van der Waals surface area contributed by atoms with Crippen molar-refractivity contribution in [1.29, 1.82) is 0 Å². The summed E-state index contributed by atoms with van der Waals surface area (Å²) < 4.78 is 106. The molecule has 0 aromatic rings. The van der Waals surface area contributed by atoms with Crippen LogP contribution in [0, 0.1) is 23.2 Å². The zero-order chi connectivity index (χ0) is 32.0. The van der Waals surface area contributed by atoms with E-state index in [-0.39, 0.29) is 19.4 Å². The third kappa shape index (κ3) is 7.75. The number of fused-ring (bicyclic) bond motifs is 1. The number of halogens is 6. The molecule has 17 heteroatoms. The summed E-state index contributed by atoms with van der Waals surface area (Å²) in [5.74, 6) is -11.0. The van der Waals surface area contributed by atoms with Crippen molar-refractivity contribution in [2.45, 2.75) is 76.7 Å². The number of rotatable bonds is 8. The minimum Gasteiger partial charge on any atom is -0.356 e. The van der Waals surface area contributed by atoms with E-state index in [9.17, 15) is 53.9 Å². The molecule has 2 aliphatic heterocycles. The van der Waals surface area contributed by atoms with Gasteiger partial charge in [0.2, 0.25) is 38.6 Å². The van der Waals surface area contributed by atoms with E-state index in [0.29, 0.717) is 12.3 Å². The Morgan fingerprint density at radius 3 is 2.26 bits per heavy atom. The van der Waals surface area contributed by atoms with Crippen LogP contribution in [0.2, 0.25) is 0 Å². The molecule has 6 atom stereocenters. The minimum atomic E-state index is -5.33. The smallest absolute Gasteiger partial charge is 0.356 e. The number of alkyl halides is 5. The molecule has 238 valence electrons. The highest BCUT2D eigenvalue weighted by Crippen LogP contribution is 2.50. The molecule has 3 N–H and O–H groups in total. The fraction of sp³-hybridized carbons (Fsp3) is 0.760. The predicted octanol–water partition coefficient (Wildman–Crippen LogP) is 1.82. The molecule has 1 saturated carbocycles. The van der Waals surface area contributed by atoms with Gasteiger partial charge in [-0.05, 0) is 36.2 Å². The normalized spacial score (nSPS) is 27.7. The van der Waals surface area contributed by atoms with Crippen molar-refractivity contribution in [3.05, 3.63) is 11.2 Å². The number of nitrogens with one attached hydrogen (secondary N) is 3. The number of nitrogens with zero attached hydrogens (tertiary/aromatic N) is 1. The first kappa shape index (κ1) is 33.6. The minimum absolute atomic E-state index is 0.252. The van der Waals surface area contributed by atoms with Crippen LogP contribution < -0.4 is 16.0 Å². The Hall–Kier alpha value is -2.85. The van der Waals surface area contributed by atoms with Gasteiger partial charge in [0.15, 0.2) is 0 Å². The Labute approximate surface area is 238 Å². The Kier molecular flexibility index (Phi) is 9.36. The maximum Gasteiger partial charge on any atom is 0.471 e. The van der Waals surface area contributed by atoms with E-state index in [2.05, 4.69) is 10.6 Å². The van der Waals surface area contributed by atoms with Crippen molar-refractivity contribution in [2.24, 2.45) is 23.2 Å². The first-order chi connectivity index (χ1) is 19.0. The number of hydrogen-bond donors (Lipinski definition) is 3. The number of sulfone groups is 1. The lowest BCUT2D eigenvalue weighted by Gasteiger charge is -2.37. The molecule has 4 amide bonds. The van der Waals surface area contributed by atoms with E-state index < -0.39 is 111 Å². The molecular formula is C25H34F6N4O6S. The largest absolute Gasteiger partial charge is 0.471 e. The molecule has 2 saturated heterocycles. The zero-order valence-corrected chi connectivity index (χ0v) is 24.2. The second-order valence-electron chi connectivity index (χ2n) is 12.3. The molecule has 0 spiro atoms. The molecule has 1 aliphatic carbocycles. The molecule has 0 unspecified atom stereocenters. The van der Waals surface area contributed by atoms with Crippen LogP contribution in [-0.2, 0) is 29.0 Å². The van der Waals surface area contributed by atoms with E-state index in [0.717, 1.165) is 4.90 Å². The maximum absolute atomic E-state index is 14.5. The van der Waals surface area contributed by atoms with Crippen LogP contribution in [0.1, 0.15) is 46.5 Å². The molecule has 0 aromatic heterocycles. The van der Waals surface area contributed by atoms with E-state index in [1.54, 1.807) is 5.32 Å². The third-order valence-electron chi connectivity index (χ3n) is 7.79. The van der Waals surface area contributed by atoms with Gasteiger partial charge < -0.3 is 20.9 Å². The van der Waals surface area contributed by atoms with Gasteiger partial charge >= 0.3 is 12.1 Å². The summed E-state index contributed by atoms with van der Waals surface area (Å²) in [6.45, 7) is 3.97. The molecule has 42 heavy (non-hydrogen) atoms. The van der Waals surface area contributed by atoms with Crippen LogP contribution in [0.5, 0.6) is 0 Å². The summed E-state index contributed by atoms with van der Waals surface area (Å²) in [5.41, 5.74) is -1.31. The SMILES string of the molecule is CC(C)(C)[C@H](NC(=O)C(F)(F)F)C(=O)N1C[C@H]2CC(F)(F)C[C@H]2[C@@H]1C(=O)N[C@@H](/C=C(/F)S(C)(=O)=O)C[C@H]1CCNC1=O. The summed E-state index contributed by atoms with van der Waals surface area (Å²) in [4.78, 5) is 52.0. The van der Waals surface area contributed by atoms with Gasteiger partial charge in [-0.2, -0.15) is 17.6 Å². The van der Waals surface area contributed by atoms with Crippen LogP contribution in [-0.4, -0.2) is 86.5 Å². The highest BCUT2D eigenvalue weighted by Gasteiger charge is 2.59. The summed E-state index contributed by atoms with van der Waals surface area (Å²) >= 11 is 0. The molecular weight excluding hydrogens is 598 g/mol. The maximum atomic E-state index is 14.5. The molecule has 0 bridgehead atoms. The van der Waals surface area contributed by atoms with Crippen LogP contribution in [0.25, 0.3) is 0 Å². The zero-order valence-electron chi connectivity index (χ0n) is 23.4. The molecule has 0 aromatic carbocycles. The van der Waals surface area contributed by atoms with Crippen molar-refractivity contribution in [3.8, 4) is 0 Å². The first-order valence-electron chi connectivity index (χ1n) is 13.2. The lowest BCUT2D eigenvalue weighted by Crippen LogP contribution is -2.60. The predicted molar refractivity (Wildman–Crippen MR) is 136 cm³/mol. The Morgan fingerprint density at radius 1 is 1.14 bits per heavy atom. The van der Waals surface area contributed by atoms with Gasteiger partial charge in [-0.1, -0.05) is 20.8 Å². The van der Waals surface area contributed by atoms with Gasteiger partial charge in [0.25, 0.3) is 0 Å². The molecule has 3 aliphatic rings. The van der Waals surface area contributed by atoms with Gasteiger partial charge in [-0.25, -0.2) is 17.2 Å². The summed E-state index contributed by atoms with van der Waals surface area (Å²) in [6.07, 6.45) is -5.67. The summed E-state index contributed by atoms with van der Waals surface area (Å²) in [7, 11) is -4.36. The highest BCUT2D eigenvalue weighted by atomic mass is 32.2. The number of carbonyl (C=O) groups is 4. The number of carbonyl (C=O) groups excluding carboxylic acids is 4. The average molecular weight is 633 g/mol. The molecule has 10 nitrogen and oxygen atoms in total. The summed E-state index contributed by atoms with van der Waals surface area (Å²) in [5, 5.41) is 4.95. The van der Waals surface area contributed by atoms with Crippen molar-refractivity contribution in [2.75, 3.05) is 19.3 Å². The van der Waals surface area contributed by atoms with Crippen LogP contribution in [0.3, 0.4) is 0 Å². The van der Waals surface area contributed by atoms with Crippen molar-refractivity contribution >= 4 is 33.5 Å². The van der Waals surface area contributed by atoms with Gasteiger partial charge in [-0.15, -0.1) is 0 Å². The van der Waals surface area contributed by atoms with Gasteiger partial charge in [0, 0.05) is 38.1 Å². The summed E-state index contributed by atoms with van der Waals surface area (Å²) in [6, 6.07) is -4.87. The standard InChI is InChI=1S/C25H34F6N4O6S/c1-23(2,3)18(34-22(39)25(29,30)31)21(38)35-11-13-9-24(27,28)10-15(13)17(35)20(37)33-14(8-16(26)42(4,40)41)7-12-5-6-32-19(12)36/h8,12-15,17-18H,5-7,9-11H2,1-4H3,(H,32,36)(H,33,37)(H,34,39)/b16-8-/t12-,13-,14-,15-,17-,18-/m1/s1. The second-order valence-corrected chi connectivity index (χ2v) is 14.2. The number of hydrogen-bond acceptors (Lipinski definition) is 6. The molecule has 2 heterocycles. The van der Waals surface area contributed by atoms with Crippen molar-refractivity contribution < 1.29 is 53.9 Å². The monoisotopic (exact) mass is 632 g/mol. The fourth-order valence-electron chi connectivity index (χ4n) is 5.78. The average Bonchev–Trinajstić information content (AvgIpc) is 3.45. The van der Waals surface area contributed by atoms with Crippen LogP contribution >= 0.6 is 0 Å².